The van der Waals surface area contributed by atoms with E-state index in [-0.39, 0.29) is 5.41 Å². The lowest BCUT2D eigenvalue weighted by Crippen LogP contribution is -2.52. The molecule has 3 fully saturated rings. The summed E-state index contributed by atoms with van der Waals surface area (Å²) in [5.41, 5.74) is 0.248. The van der Waals surface area contributed by atoms with E-state index in [0.717, 1.165) is 12.0 Å². The van der Waals surface area contributed by atoms with Gasteiger partial charge in [0.1, 0.15) is 0 Å². The fourth-order valence-electron chi connectivity index (χ4n) is 5.02. The molecule has 0 unspecified atom stereocenters. The zero-order valence-corrected chi connectivity index (χ0v) is 12.4. The van der Waals surface area contributed by atoms with Gasteiger partial charge in [0.25, 0.3) is 0 Å². The van der Waals surface area contributed by atoms with Gasteiger partial charge in [-0.1, -0.05) is 32.1 Å². The fourth-order valence-corrected chi connectivity index (χ4v) is 5.02. The van der Waals surface area contributed by atoms with Crippen LogP contribution in [-0.4, -0.2) is 35.7 Å². The van der Waals surface area contributed by atoms with Crippen LogP contribution < -0.4 is 0 Å². The second-order valence-electron chi connectivity index (χ2n) is 7.44. The SMILES string of the molecule is OCC1(CN2CCC[C@H]3CCCC[C@H]32)CCCCC1. The maximum atomic E-state index is 9.94. The first-order chi connectivity index (χ1) is 9.33. The third kappa shape index (κ3) is 3.00. The normalized spacial score (nSPS) is 35.8. The Labute approximate surface area is 118 Å². The van der Waals surface area contributed by atoms with Crippen molar-refractivity contribution < 1.29 is 5.11 Å². The lowest BCUT2D eigenvalue weighted by molar-refractivity contribution is -0.0136. The predicted octanol–water partition coefficient (Wildman–Crippen LogP) is 3.58. The van der Waals surface area contributed by atoms with Crippen molar-refractivity contribution in [1.29, 1.82) is 0 Å². The summed E-state index contributed by atoms with van der Waals surface area (Å²) in [6, 6.07) is 0.854. The van der Waals surface area contributed by atoms with Crippen LogP contribution in [0.15, 0.2) is 0 Å². The van der Waals surface area contributed by atoms with E-state index in [1.165, 1.54) is 83.7 Å². The maximum Gasteiger partial charge on any atom is 0.0499 e. The molecule has 0 aromatic heterocycles. The first kappa shape index (κ1) is 13.9. The zero-order valence-electron chi connectivity index (χ0n) is 12.4. The van der Waals surface area contributed by atoms with Crippen molar-refractivity contribution in [3.63, 3.8) is 0 Å². The summed E-state index contributed by atoms with van der Waals surface area (Å²) in [6.07, 6.45) is 15.2. The van der Waals surface area contributed by atoms with Crippen molar-refractivity contribution in [2.24, 2.45) is 11.3 Å². The van der Waals surface area contributed by atoms with E-state index >= 15 is 0 Å². The van der Waals surface area contributed by atoms with Crippen LogP contribution in [0.25, 0.3) is 0 Å². The summed E-state index contributed by atoms with van der Waals surface area (Å²) in [4.78, 5) is 2.79. The largest absolute Gasteiger partial charge is 0.396 e. The molecule has 2 nitrogen and oxygen atoms in total. The zero-order chi connectivity index (χ0) is 13.1. The van der Waals surface area contributed by atoms with Gasteiger partial charge in [0.2, 0.25) is 0 Å². The van der Waals surface area contributed by atoms with E-state index in [4.69, 9.17) is 0 Å². The molecule has 0 radical (unpaired) electrons. The number of likely N-dealkylation sites (tertiary alicyclic amines) is 1. The van der Waals surface area contributed by atoms with Gasteiger partial charge in [0, 0.05) is 24.6 Å². The minimum absolute atomic E-state index is 0.248. The molecule has 3 rings (SSSR count). The second-order valence-corrected chi connectivity index (χ2v) is 7.44. The standard InChI is InChI=1S/C17H31NO/c19-14-17(10-4-1-5-11-17)13-18-12-6-8-15-7-2-3-9-16(15)18/h15-16,19H,1-14H2/t15-,16-/m1/s1. The summed E-state index contributed by atoms with van der Waals surface area (Å²) >= 11 is 0. The van der Waals surface area contributed by atoms with Gasteiger partial charge in [-0.05, 0) is 51.0 Å². The summed E-state index contributed by atoms with van der Waals surface area (Å²) in [5, 5.41) is 9.94. The predicted molar refractivity (Wildman–Crippen MR) is 79.2 cm³/mol. The lowest BCUT2D eigenvalue weighted by atomic mass is 9.72. The molecule has 0 aromatic carbocycles. The number of nitrogens with zero attached hydrogens (tertiary/aromatic N) is 1. The van der Waals surface area contributed by atoms with Crippen LogP contribution >= 0.6 is 0 Å². The number of hydrogen-bond donors (Lipinski definition) is 1. The van der Waals surface area contributed by atoms with Crippen LogP contribution in [0.2, 0.25) is 0 Å². The number of hydrogen-bond acceptors (Lipinski definition) is 2. The molecular formula is C17H31NO. The van der Waals surface area contributed by atoms with Crippen molar-refractivity contribution in [3.05, 3.63) is 0 Å². The van der Waals surface area contributed by atoms with Crippen LogP contribution in [0.1, 0.15) is 70.6 Å². The van der Waals surface area contributed by atoms with Gasteiger partial charge in [-0.25, -0.2) is 0 Å². The van der Waals surface area contributed by atoms with Gasteiger partial charge in [-0.3, -0.25) is 4.90 Å². The first-order valence-corrected chi connectivity index (χ1v) is 8.68. The van der Waals surface area contributed by atoms with Crippen LogP contribution in [0.4, 0.5) is 0 Å². The summed E-state index contributed by atoms with van der Waals surface area (Å²) in [6.45, 7) is 2.90. The van der Waals surface area contributed by atoms with Crippen LogP contribution in [0.5, 0.6) is 0 Å². The molecule has 3 aliphatic rings. The third-order valence-corrected chi connectivity index (χ3v) is 6.15. The number of aliphatic hydroxyl groups excluding tert-OH is 1. The number of rotatable bonds is 3. The molecule has 2 aliphatic carbocycles. The molecule has 0 amide bonds. The molecule has 0 aromatic rings. The smallest absolute Gasteiger partial charge is 0.0499 e. The molecule has 19 heavy (non-hydrogen) atoms. The van der Waals surface area contributed by atoms with Gasteiger partial charge in [-0.15, -0.1) is 0 Å². The average Bonchev–Trinajstić information content (AvgIpc) is 2.49. The summed E-state index contributed by atoms with van der Waals surface area (Å²) in [7, 11) is 0. The van der Waals surface area contributed by atoms with Crippen LogP contribution in [0.3, 0.4) is 0 Å². The molecule has 1 aliphatic heterocycles. The fraction of sp³-hybridized carbons (Fsp3) is 1.00. The van der Waals surface area contributed by atoms with E-state index in [0.29, 0.717) is 6.61 Å². The molecular weight excluding hydrogens is 234 g/mol. The van der Waals surface area contributed by atoms with Crippen molar-refractivity contribution in [2.45, 2.75) is 76.7 Å². The number of aliphatic hydroxyl groups is 1. The first-order valence-electron chi connectivity index (χ1n) is 8.68. The monoisotopic (exact) mass is 265 g/mol. The van der Waals surface area contributed by atoms with Crippen molar-refractivity contribution in [1.82, 2.24) is 4.90 Å². The van der Waals surface area contributed by atoms with E-state index in [1.807, 2.05) is 0 Å². The highest BCUT2D eigenvalue weighted by Crippen LogP contribution is 2.41. The highest BCUT2D eigenvalue weighted by atomic mass is 16.3. The topological polar surface area (TPSA) is 23.5 Å². The quantitative estimate of drug-likeness (QED) is 0.843. The van der Waals surface area contributed by atoms with Crippen LogP contribution in [-0.2, 0) is 0 Å². The molecule has 2 saturated carbocycles. The van der Waals surface area contributed by atoms with Crippen LogP contribution in [0, 0.1) is 11.3 Å². The Morgan fingerprint density at radius 2 is 1.63 bits per heavy atom. The van der Waals surface area contributed by atoms with E-state index < -0.39 is 0 Å². The number of piperidine rings is 1. The lowest BCUT2D eigenvalue weighted by Gasteiger charge is -2.48. The molecule has 1 heterocycles. The van der Waals surface area contributed by atoms with E-state index in [9.17, 15) is 5.11 Å². The molecule has 0 spiro atoms. The summed E-state index contributed by atoms with van der Waals surface area (Å²) in [5.74, 6) is 0.974. The highest BCUT2D eigenvalue weighted by Gasteiger charge is 2.39. The van der Waals surface area contributed by atoms with Crippen molar-refractivity contribution >= 4 is 0 Å². The maximum absolute atomic E-state index is 9.94. The minimum Gasteiger partial charge on any atom is -0.396 e. The number of fused-ring (bicyclic) bond motifs is 1. The minimum atomic E-state index is 0.248. The molecule has 2 atom stereocenters. The Balaban J connectivity index is 1.66. The van der Waals surface area contributed by atoms with Gasteiger partial charge < -0.3 is 5.11 Å². The van der Waals surface area contributed by atoms with Gasteiger partial charge in [0.05, 0.1) is 0 Å². The van der Waals surface area contributed by atoms with Crippen molar-refractivity contribution in [2.75, 3.05) is 19.7 Å². The Bertz CT molecular complexity index is 283. The molecule has 1 saturated heterocycles. The van der Waals surface area contributed by atoms with Gasteiger partial charge in [0.15, 0.2) is 0 Å². The Morgan fingerprint density at radius 1 is 0.895 bits per heavy atom. The second kappa shape index (κ2) is 6.13. The average molecular weight is 265 g/mol. The molecule has 2 heteroatoms. The third-order valence-electron chi connectivity index (χ3n) is 6.15. The van der Waals surface area contributed by atoms with E-state index in [2.05, 4.69) is 4.90 Å². The summed E-state index contributed by atoms with van der Waals surface area (Å²) < 4.78 is 0. The van der Waals surface area contributed by atoms with Gasteiger partial charge >= 0.3 is 0 Å². The molecule has 0 bridgehead atoms. The van der Waals surface area contributed by atoms with E-state index in [1.54, 1.807) is 0 Å². The Morgan fingerprint density at radius 3 is 2.42 bits per heavy atom. The molecule has 110 valence electrons. The molecule has 1 N–H and O–H groups in total. The van der Waals surface area contributed by atoms with Crippen molar-refractivity contribution in [3.8, 4) is 0 Å². The highest BCUT2D eigenvalue weighted by molar-refractivity contribution is 4.92. The Hall–Kier alpha value is -0.0800. The van der Waals surface area contributed by atoms with Gasteiger partial charge in [-0.2, -0.15) is 0 Å². The Kier molecular flexibility index (Phi) is 4.48.